The molecule has 0 N–H and O–H groups in total. The first-order chi connectivity index (χ1) is 14.8. The van der Waals surface area contributed by atoms with Gasteiger partial charge in [-0.05, 0) is 31.7 Å². The second-order valence-corrected chi connectivity index (χ2v) is 8.39. The number of fused-ring (bicyclic) bond motifs is 1. The number of Topliss-reactive ketones (excluding diaryl/α,β-unsaturated/α-hetero) is 1. The number of carbonyl (C=O) groups excluding carboxylic acids is 1. The van der Waals surface area contributed by atoms with Gasteiger partial charge in [0.1, 0.15) is 0 Å². The number of hydrogen-bond acceptors (Lipinski definition) is 6. The quantitative estimate of drug-likeness (QED) is 0.567. The molecule has 6 nitrogen and oxygen atoms in total. The molecule has 0 aliphatic carbocycles. The minimum Gasteiger partial charge on any atom is -0.338 e. The lowest BCUT2D eigenvalue weighted by Crippen LogP contribution is -2.36. The third-order valence-electron chi connectivity index (χ3n) is 5.45. The van der Waals surface area contributed by atoms with E-state index in [0.29, 0.717) is 35.5 Å². The minimum absolute atomic E-state index is 0.0561. The van der Waals surface area contributed by atoms with Crippen LogP contribution in [0.25, 0.3) is 10.3 Å². The van der Waals surface area contributed by atoms with Crippen molar-refractivity contribution in [2.24, 2.45) is 0 Å². The fraction of sp³-hybridized carbons (Fsp3) is 0.429. The number of nitrogens with zero attached hydrogens (tertiary/aromatic N) is 4. The Hall–Kier alpha value is -2.75. The Bertz CT molecular complexity index is 1160. The van der Waals surface area contributed by atoms with Crippen LogP contribution in [0.3, 0.4) is 0 Å². The van der Waals surface area contributed by atoms with Gasteiger partial charge in [-0.3, -0.25) is 14.2 Å². The van der Waals surface area contributed by atoms with Crippen LogP contribution in [-0.2, 0) is 23.9 Å². The Kier molecular flexibility index (Phi) is 5.83. The van der Waals surface area contributed by atoms with Crippen molar-refractivity contribution in [3.8, 4) is 0 Å². The van der Waals surface area contributed by atoms with Gasteiger partial charge < -0.3 is 4.90 Å². The number of ketones is 1. The molecular weight excluding hydrogens is 429 g/mol. The van der Waals surface area contributed by atoms with Gasteiger partial charge in [-0.25, -0.2) is 9.97 Å². The number of halogens is 3. The minimum atomic E-state index is -4.74. The summed E-state index contributed by atoms with van der Waals surface area (Å²) < 4.78 is 40.6. The Morgan fingerprint density at radius 3 is 2.65 bits per heavy atom. The summed E-state index contributed by atoms with van der Waals surface area (Å²) in [6.07, 6.45) is -2.31. The van der Waals surface area contributed by atoms with Crippen molar-refractivity contribution in [2.75, 3.05) is 11.4 Å². The Morgan fingerprint density at radius 1 is 1.23 bits per heavy atom. The van der Waals surface area contributed by atoms with Crippen LogP contribution in [0.2, 0.25) is 0 Å². The van der Waals surface area contributed by atoms with E-state index in [0.717, 1.165) is 23.3 Å². The molecule has 3 heterocycles. The Morgan fingerprint density at radius 2 is 1.97 bits per heavy atom. The van der Waals surface area contributed by atoms with Gasteiger partial charge >= 0.3 is 6.18 Å². The summed E-state index contributed by atoms with van der Waals surface area (Å²) in [6.45, 7) is 1.86. The van der Waals surface area contributed by atoms with E-state index in [1.165, 1.54) is 6.92 Å². The maximum Gasteiger partial charge on any atom is 0.449 e. The van der Waals surface area contributed by atoms with Crippen molar-refractivity contribution >= 4 is 32.6 Å². The zero-order valence-electron chi connectivity index (χ0n) is 16.9. The number of thiazole rings is 1. The van der Waals surface area contributed by atoms with E-state index in [1.807, 2.05) is 35.2 Å². The van der Waals surface area contributed by atoms with E-state index < -0.39 is 17.6 Å². The molecule has 0 saturated carbocycles. The molecule has 1 aliphatic rings. The molecule has 0 spiro atoms. The molecule has 4 rings (SSSR count). The van der Waals surface area contributed by atoms with Crippen molar-refractivity contribution in [1.82, 2.24) is 14.5 Å². The summed E-state index contributed by atoms with van der Waals surface area (Å²) >= 11 is 0.932. The lowest BCUT2D eigenvalue weighted by molar-refractivity contribution is -0.147. The summed E-state index contributed by atoms with van der Waals surface area (Å²) in [7, 11) is 0. The fourth-order valence-electron chi connectivity index (χ4n) is 3.94. The van der Waals surface area contributed by atoms with E-state index >= 15 is 0 Å². The van der Waals surface area contributed by atoms with Crippen molar-refractivity contribution < 1.29 is 18.0 Å². The summed E-state index contributed by atoms with van der Waals surface area (Å²) in [4.78, 5) is 35.2. The van der Waals surface area contributed by atoms with Crippen LogP contribution in [0.5, 0.6) is 0 Å². The molecular formula is C21H21F3N4O2S. The zero-order chi connectivity index (χ0) is 22.2. The molecule has 0 bridgehead atoms. The standard InChI is InChI=1S/C21H21F3N4O2S/c1-2-27-18(30)16-17(26-19(27)21(22,23)24)31-20(25-16)28-12-6-9-14(28)15(29)11-10-13-7-4-3-5-8-13/h3-5,7-8,14H,2,6,9-12H2,1H3/t14-/m1/s1. The third kappa shape index (κ3) is 4.21. The molecule has 164 valence electrons. The molecule has 3 aromatic rings. The predicted octanol–water partition coefficient (Wildman–Crippen LogP) is 4.06. The molecule has 1 aliphatic heterocycles. The van der Waals surface area contributed by atoms with Crippen molar-refractivity contribution in [2.45, 2.75) is 51.4 Å². The number of hydrogen-bond donors (Lipinski definition) is 0. The van der Waals surface area contributed by atoms with Gasteiger partial charge in [0.05, 0.1) is 6.04 Å². The SMILES string of the molecule is CCn1c(C(F)(F)F)nc2sc(N3CCC[C@@H]3C(=O)CCc3ccccc3)nc2c1=O. The van der Waals surface area contributed by atoms with Crippen LogP contribution in [0.4, 0.5) is 18.3 Å². The van der Waals surface area contributed by atoms with Gasteiger partial charge in [-0.1, -0.05) is 41.7 Å². The highest BCUT2D eigenvalue weighted by Crippen LogP contribution is 2.34. The highest BCUT2D eigenvalue weighted by Gasteiger charge is 2.38. The summed E-state index contributed by atoms with van der Waals surface area (Å²) in [5, 5.41) is 0.372. The van der Waals surface area contributed by atoms with Crippen LogP contribution < -0.4 is 10.5 Å². The molecule has 2 aromatic heterocycles. The van der Waals surface area contributed by atoms with Gasteiger partial charge in [-0.15, -0.1) is 0 Å². The van der Waals surface area contributed by atoms with E-state index in [-0.39, 0.29) is 28.7 Å². The molecule has 1 atom stereocenters. The average Bonchev–Trinajstić information content (AvgIpc) is 3.39. The van der Waals surface area contributed by atoms with Crippen molar-refractivity contribution in [3.05, 3.63) is 52.1 Å². The lowest BCUT2D eigenvalue weighted by atomic mass is 10.0. The van der Waals surface area contributed by atoms with Crippen LogP contribution in [0, 0.1) is 0 Å². The van der Waals surface area contributed by atoms with Crippen LogP contribution in [0.15, 0.2) is 35.1 Å². The maximum absolute atomic E-state index is 13.4. The maximum atomic E-state index is 13.4. The number of benzene rings is 1. The fourth-order valence-corrected chi connectivity index (χ4v) is 4.95. The van der Waals surface area contributed by atoms with Gasteiger partial charge in [0.25, 0.3) is 5.56 Å². The van der Waals surface area contributed by atoms with Gasteiger partial charge in [0.15, 0.2) is 21.3 Å². The monoisotopic (exact) mass is 450 g/mol. The molecule has 0 radical (unpaired) electrons. The number of aromatic nitrogens is 3. The normalized spacial score (nSPS) is 16.9. The summed E-state index contributed by atoms with van der Waals surface area (Å²) in [5.41, 5.74) is 0.176. The first-order valence-electron chi connectivity index (χ1n) is 10.1. The number of carbonyl (C=O) groups is 1. The smallest absolute Gasteiger partial charge is 0.338 e. The molecule has 0 amide bonds. The second-order valence-electron chi connectivity index (χ2n) is 7.44. The van der Waals surface area contributed by atoms with Crippen molar-refractivity contribution in [3.63, 3.8) is 0 Å². The topological polar surface area (TPSA) is 68.1 Å². The summed E-state index contributed by atoms with van der Waals surface area (Å²) in [6, 6.07) is 9.32. The second kappa shape index (κ2) is 8.41. The first-order valence-corrected chi connectivity index (χ1v) is 10.9. The van der Waals surface area contributed by atoms with Gasteiger partial charge in [0.2, 0.25) is 5.82 Å². The number of alkyl halides is 3. The van der Waals surface area contributed by atoms with Crippen LogP contribution in [0.1, 0.15) is 37.6 Å². The van der Waals surface area contributed by atoms with Crippen LogP contribution >= 0.6 is 11.3 Å². The number of aryl methyl sites for hydroxylation is 1. The van der Waals surface area contributed by atoms with Crippen molar-refractivity contribution in [1.29, 1.82) is 0 Å². The highest BCUT2D eigenvalue weighted by molar-refractivity contribution is 7.21. The molecule has 10 heteroatoms. The van der Waals surface area contributed by atoms with E-state index in [1.54, 1.807) is 0 Å². The number of rotatable bonds is 6. The predicted molar refractivity (Wildman–Crippen MR) is 112 cm³/mol. The highest BCUT2D eigenvalue weighted by atomic mass is 32.1. The zero-order valence-corrected chi connectivity index (χ0v) is 17.7. The van der Waals surface area contributed by atoms with Gasteiger partial charge in [-0.2, -0.15) is 13.2 Å². The Balaban J connectivity index is 1.62. The molecule has 31 heavy (non-hydrogen) atoms. The van der Waals surface area contributed by atoms with E-state index in [2.05, 4.69) is 9.97 Å². The van der Waals surface area contributed by atoms with Crippen LogP contribution in [-0.4, -0.2) is 32.9 Å². The molecule has 1 fully saturated rings. The lowest BCUT2D eigenvalue weighted by Gasteiger charge is -2.22. The molecule has 1 saturated heterocycles. The summed E-state index contributed by atoms with van der Waals surface area (Å²) in [5.74, 6) is -1.16. The van der Waals surface area contributed by atoms with Gasteiger partial charge in [0, 0.05) is 19.5 Å². The number of anilines is 1. The molecule has 0 unspecified atom stereocenters. The third-order valence-corrected chi connectivity index (χ3v) is 6.44. The van der Waals surface area contributed by atoms with E-state index in [4.69, 9.17) is 0 Å². The largest absolute Gasteiger partial charge is 0.449 e. The Labute approximate surface area is 180 Å². The first kappa shape index (κ1) is 21.5. The average molecular weight is 450 g/mol. The van der Waals surface area contributed by atoms with E-state index in [9.17, 15) is 22.8 Å². The molecule has 1 aromatic carbocycles.